The van der Waals surface area contributed by atoms with Gasteiger partial charge < -0.3 is 10.7 Å². The van der Waals surface area contributed by atoms with E-state index in [1.165, 1.54) is 12.6 Å². The lowest BCUT2D eigenvalue weighted by Gasteiger charge is -2.17. The lowest BCUT2D eigenvalue weighted by molar-refractivity contribution is 0.598. The van der Waals surface area contributed by atoms with Gasteiger partial charge in [-0.15, -0.1) is 0 Å². The molecule has 0 fully saturated rings. The van der Waals surface area contributed by atoms with E-state index in [1.54, 1.807) is 6.92 Å². The van der Waals surface area contributed by atoms with Crippen LogP contribution in [-0.2, 0) is 16.3 Å². The van der Waals surface area contributed by atoms with Crippen LogP contribution in [0.5, 0.6) is 0 Å². The van der Waals surface area contributed by atoms with Crippen molar-refractivity contribution in [1.82, 2.24) is 9.97 Å². The Morgan fingerprint density at radius 1 is 1.37 bits per heavy atom. The van der Waals surface area contributed by atoms with Crippen molar-refractivity contribution < 1.29 is 8.42 Å². The highest BCUT2D eigenvalue weighted by atomic mass is 32.2. The van der Waals surface area contributed by atoms with E-state index >= 15 is 0 Å². The van der Waals surface area contributed by atoms with Gasteiger partial charge in [-0.2, -0.15) is 0 Å². The molecule has 0 radical (unpaired) electrons. The average molecular weight is 287 g/mol. The number of hydrazine groups is 1. The first-order chi connectivity index (χ1) is 8.87. The van der Waals surface area contributed by atoms with E-state index < -0.39 is 9.84 Å². The van der Waals surface area contributed by atoms with E-state index in [4.69, 9.17) is 5.84 Å². The number of nitrogens with zero attached hydrogens (tertiary/aromatic N) is 2. The van der Waals surface area contributed by atoms with Crippen LogP contribution in [0.25, 0.3) is 0 Å². The molecule has 0 spiro atoms. The van der Waals surface area contributed by atoms with Gasteiger partial charge in [-0.25, -0.2) is 24.2 Å². The van der Waals surface area contributed by atoms with Crippen molar-refractivity contribution in [1.29, 1.82) is 0 Å². The summed E-state index contributed by atoms with van der Waals surface area (Å²) in [6.07, 6.45) is 4.28. The van der Waals surface area contributed by atoms with Gasteiger partial charge in [-0.05, 0) is 13.3 Å². The molecule has 1 aromatic rings. The minimum Gasteiger partial charge on any atom is -0.366 e. The third kappa shape index (κ3) is 4.99. The number of sulfone groups is 1. The van der Waals surface area contributed by atoms with Crippen LogP contribution >= 0.6 is 0 Å². The topological polar surface area (TPSA) is 110 Å². The first-order valence-corrected chi connectivity index (χ1v) is 8.18. The Hall–Kier alpha value is -1.41. The van der Waals surface area contributed by atoms with Crippen LogP contribution in [0, 0.1) is 0 Å². The van der Waals surface area contributed by atoms with Gasteiger partial charge in [0.25, 0.3) is 0 Å². The van der Waals surface area contributed by atoms with E-state index in [0.717, 1.165) is 18.4 Å². The molecule has 0 aliphatic carbocycles. The maximum atomic E-state index is 11.3. The smallest absolute Gasteiger partial charge is 0.149 e. The Labute approximate surface area is 113 Å². The van der Waals surface area contributed by atoms with Gasteiger partial charge in [-0.1, -0.05) is 13.3 Å². The molecule has 0 amide bonds. The Morgan fingerprint density at radius 2 is 2.00 bits per heavy atom. The number of aromatic nitrogens is 2. The summed E-state index contributed by atoms with van der Waals surface area (Å²) in [5.74, 6) is 6.65. The van der Waals surface area contributed by atoms with Crippen molar-refractivity contribution in [2.75, 3.05) is 22.8 Å². The van der Waals surface area contributed by atoms with Gasteiger partial charge in [0, 0.05) is 17.9 Å². The highest BCUT2D eigenvalue weighted by Gasteiger charge is 2.15. The summed E-state index contributed by atoms with van der Waals surface area (Å²) in [5, 5.41) is 3.10. The van der Waals surface area contributed by atoms with E-state index in [9.17, 15) is 8.42 Å². The molecular formula is C11H21N5O2S. The monoisotopic (exact) mass is 287 g/mol. The molecule has 1 unspecified atom stereocenters. The van der Waals surface area contributed by atoms with Crippen LogP contribution in [0.4, 0.5) is 11.6 Å². The van der Waals surface area contributed by atoms with Crippen molar-refractivity contribution in [3.05, 3.63) is 11.9 Å². The maximum absolute atomic E-state index is 11.3. The van der Waals surface area contributed by atoms with Crippen LogP contribution in [0.15, 0.2) is 6.33 Å². The minimum atomic E-state index is -3.03. The fourth-order valence-electron chi connectivity index (χ4n) is 1.88. The van der Waals surface area contributed by atoms with E-state index in [2.05, 4.69) is 20.7 Å². The zero-order chi connectivity index (χ0) is 14.5. The summed E-state index contributed by atoms with van der Waals surface area (Å²) in [6, 6.07) is -0.230. The molecule has 1 atom stereocenters. The van der Waals surface area contributed by atoms with Crippen molar-refractivity contribution in [2.24, 2.45) is 5.84 Å². The summed E-state index contributed by atoms with van der Waals surface area (Å²) in [6.45, 7) is 3.84. The third-order valence-corrected chi connectivity index (χ3v) is 3.62. The highest BCUT2D eigenvalue weighted by molar-refractivity contribution is 7.90. The molecule has 0 saturated heterocycles. The van der Waals surface area contributed by atoms with E-state index in [1.807, 2.05) is 6.92 Å². The molecule has 7 nitrogen and oxygen atoms in total. The second kappa shape index (κ2) is 6.67. The number of hydrogen-bond acceptors (Lipinski definition) is 7. The standard InChI is InChI=1S/C11H21N5O2S/c1-4-5-9-10(13-7-14-11(9)16-12)15-8(2)6-19(3,17)18/h7-8H,4-6,12H2,1-3H3,(H2,13,14,15,16). The van der Waals surface area contributed by atoms with E-state index in [0.29, 0.717) is 11.6 Å². The van der Waals surface area contributed by atoms with Crippen molar-refractivity contribution in [2.45, 2.75) is 32.7 Å². The molecular weight excluding hydrogens is 266 g/mol. The van der Waals surface area contributed by atoms with Crippen LogP contribution in [0.2, 0.25) is 0 Å². The zero-order valence-corrected chi connectivity index (χ0v) is 12.3. The molecule has 0 aromatic carbocycles. The van der Waals surface area contributed by atoms with E-state index in [-0.39, 0.29) is 11.8 Å². The predicted octanol–water partition coefficient (Wildman–Crippen LogP) is 0.560. The molecule has 8 heteroatoms. The summed E-state index contributed by atoms with van der Waals surface area (Å²) < 4.78 is 22.5. The molecule has 0 bridgehead atoms. The highest BCUT2D eigenvalue weighted by Crippen LogP contribution is 2.21. The molecule has 1 heterocycles. The normalized spacial score (nSPS) is 13.1. The summed E-state index contributed by atoms with van der Waals surface area (Å²) >= 11 is 0. The van der Waals surface area contributed by atoms with Crippen LogP contribution in [-0.4, -0.2) is 36.4 Å². The molecule has 4 N–H and O–H groups in total. The lowest BCUT2D eigenvalue weighted by atomic mass is 10.1. The molecule has 0 aliphatic heterocycles. The average Bonchev–Trinajstić information content (AvgIpc) is 2.29. The van der Waals surface area contributed by atoms with Gasteiger partial charge in [0.05, 0.1) is 5.75 Å². The quantitative estimate of drug-likeness (QED) is 0.496. The van der Waals surface area contributed by atoms with Gasteiger partial charge in [0.1, 0.15) is 27.8 Å². The number of nitrogens with one attached hydrogen (secondary N) is 2. The molecule has 0 aliphatic rings. The first-order valence-electron chi connectivity index (χ1n) is 6.12. The van der Waals surface area contributed by atoms with Crippen LogP contribution in [0.3, 0.4) is 0 Å². The Balaban J connectivity index is 2.93. The largest absolute Gasteiger partial charge is 0.366 e. The number of nitrogen functional groups attached to an aromatic ring is 1. The number of rotatable bonds is 7. The van der Waals surface area contributed by atoms with Crippen LogP contribution in [0.1, 0.15) is 25.8 Å². The number of nitrogens with two attached hydrogens (primary N) is 1. The van der Waals surface area contributed by atoms with Gasteiger partial charge in [0.2, 0.25) is 0 Å². The Kier molecular flexibility index (Phi) is 5.49. The molecule has 1 aromatic heterocycles. The third-order valence-electron chi connectivity index (χ3n) is 2.52. The SMILES string of the molecule is CCCc1c(NN)ncnc1NC(C)CS(C)(=O)=O. The summed E-state index contributed by atoms with van der Waals surface area (Å²) in [5.41, 5.74) is 3.40. The fraction of sp³-hybridized carbons (Fsp3) is 0.636. The molecule has 0 saturated carbocycles. The predicted molar refractivity (Wildman–Crippen MR) is 76.6 cm³/mol. The number of hydrogen-bond donors (Lipinski definition) is 3. The molecule has 1 rings (SSSR count). The van der Waals surface area contributed by atoms with Crippen molar-refractivity contribution in [3.8, 4) is 0 Å². The van der Waals surface area contributed by atoms with Gasteiger partial charge in [0.15, 0.2) is 0 Å². The lowest BCUT2D eigenvalue weighted by Crippen LogP contribution is -2.26. The molecule has 108 valence electrons. The zero-order valence-electron chi connectivity index (χ0n) is 11.5. The Morgan fingerprint density at radius 3 is 2.53 bits per heavy atom. The van der Waals surface area contributed by atoms with Crippen molar-refractivity contribution in [3.63, 3.8) is 0 Å². The second-order valence-corrected chi connectivity index (χ2v) is 6.77. The van der Waals surface area contributed by atoms with Gasteiger partial charge >= 0.3 is 0 Å². The fourth-order valence-corrected chi connectivity index (χ4v) is 2.87. The van der Waals surface area contributed by atoms with Gasteiger partial charge in [-0.3, -0.25) is 0 Å². The Bertz CT molecular complexity index is 518. The van der Waals surface area contributed by atoms with Crippen LogP contribution < -0.4 is 16.6 Å². The minimum absolute atomic E-state index is 0.0496. The number of anilines is 2. The second-order valence-electron chi connectivity index (χ2n) is 4.58. The van der Waals surface area contributed by atoms with Crippen molar-refractivity contribution >= 4 is 21.5 Å². The summed E-state index contributed by atoms with van der Waals surface area (Å²) in [7, 11) is -3.03. The maximum Gasteiger partial charge on any atom is 0.149 e. The summed E-state index contributed by atoms with van der Waals surface area (Å²) in [4.78, 5) is 8.22. The molecule has 19 heavy (non-hydrogen) atoms. The first kappa shape index (κ1) is 15.6.